The molecule has 0 spiro atoms. The van der Waals surface area contributed by atoms with Gasteiger partial charge in [0.05, 0.1) is 5.69 Å². The molecular formula is C22H26N2O4. The molecule has 0 heterocycles. The van der Waals surface area contributed by atoms with Crippen molar-refractivity contribution in [2.75, 3.05) is 6.61 Å². The predicted molar refractivity (Wildman–Crippen MR) is 109 cm³/mol. The van der Waals surface area contributed by atoms with Crippen LogP contribution >= 0.6 is 0 Å². The van der Waals surface area contributed by atoms with Crippen LogP contribution in [0, 0.1) is 0 Å². The minimum absolute atomic E-state index is 0.0608. The molecule has 0 radical (unpaired) electrons. The lowest BCUT2D eigenvalue weighted by Gasteiger charge is -2.22. The van der Waals surface area contributed by atoms with E-state index >= 15 is 0 Å². The van der Waals surface area contributed by atoms with Crippen LogP contribution < -0.4 is 4.74 Å². The van der Waals surface area contributed by atoms with Crippen LogP contribution in [-0.2, 0) is 14.9 Å². The van der Waals surface area contributed by atoms with Crippen LogP contribution in [0.2, 0.25) is 0 Å². The van der Waals surface area contributed by atoms with Crippen LogP contribution in [0.5, 0.6) is 11.5 Å². The molecule has 0 saturated heterocycles. The van der Waals surface area contributed by atoms with Gasteiger partial charge in [-0.2, -0.15) is 5.11 Å². The largest absolute Gasteiger partial charge is 0.505 e. The third kappa shape index (κ3) is 5.94. The number of aromatic hydroxyl groups is 1. The van der Waals surface area contributed by atoms with Crippen molar-refractivity contribution in [3.8, 4) is 11.5 Å². The standard InChI is InChI=1S/C22H26N2O4/c1-6-20(25)28-15(2)14-27-17-12-18(22(3,4)5)21(26)19(13-17)24-23-16-10-8-7-9-11-16/h6-13,15,26H,1,14H2,2-5H3. The van der Waals surface area contributed by atoms with Gasteiger partial charge in [0.1, 0.15) is 29.9 Å². The van der Waals surface area contributed by atoms with Crippen molar-refractivity contribution < 1.29 is 19.4 Å². The average Bonchev–Trinajstić information content (AvgIpc) is 2.65. The fourth-order valence-electron chi connectivity index (χ4n) is 2.42. The summed E-state index contributed by atoms with van der Waals surface area (Å²) in [6.07, 6.45) is 0.656. The molecule has 0 fully saturated rings. The van der Waals surface area contributed by atoms with E-state index in [1.807, 2.05) is 51.1 Å². The molecule has 1 N–H and O–H groups in total. The Labute approximate surface area is 165 Å². The van der Waals surface area contributed by atoms with E-state index in [9.17, 15) is 9.90 Å². The third-order valence-electron chi connectivity index (χ3n) is 3.87. The number of esters is 1. The summed E-state index contributed by atoms with van der Waals surface area (Å²) in [5, 5.41) is 19.0. The van der Waals surface area contributed by atoms with Crippen molar-refractivity contribution in [1.82, 2.24) is 0 Å². The quantitative estimate of drug-likeness (QED) is 0.384. The maximum absolute atomic E-state index is 11.3. The van der Waals surface area contributed by atoms with E-state index in [1.54, 1.807) is 19.1 Å². The Hall–Kier alpha value is -3.15. The number of nitrogens with zero attached hydrogens (tertiary/aromatic N) is 2. The van der Waals surface area contributed by atoms with Gasteiger partial charge < -0.3 is 14.6 Å². The summed E-state index contributed by atoms with van der Waals surface area (Å²) in [4.78, 5) is 11.3. The average molecular weight is 382 g/mol. The van der Waals surface area contributed by atoms with Gasteiger partial charge >= 0.3 is 5.97 Å². The second-order valence-electron chi connectivity index (χ2n) is 7.39. The molecule has 0 aliphatic heterocycles. The van der Waals surface area contributed by atoms with Crippen molar-refractivity contribution in [2.24, 2.45) is 10.2 Å². The number of carbonyl (C=O) groups excluding carboxylic acids is 1. The van der Waals surface area contributed by atoms with E-state index in [1.165, 1.54) is 0 Å². The zero-order chi connectivity index (χ0) is 20.7. The van der Waals surface area contributed by atoms with Crippen LogP contribution in [0.4, 0.5) is 11.4 Å². The maximum Gasteiger partial charge on any atom is 0.330 e. The van der Waals surface area contributed by atoms with Gasteiger partial charge in [0.2, 0.25) is 0 Å². The van der Waals surface area contributed by atoms with E-state index in [-0.39, 0.29) is 17.8 Å². The summed E-state index contributed by atoms with van der Waals surface area (Å²) in [5.74, 6) is 0.0615. The fourth-order valence-corrected chi connectivity index (χ4v) is 2.42. The first kappa shape index (κ1) is 21.2. The topological polar surface area (TPSA) is 80.5 Å². The lowest BCUT2D eigenvalue weighted by molar-refractivity contribution is -0.143. The predicted octanol–water partition coefficient (Wildman–Crippen LogP) is 5.60. The lowest BCUT2D eigenvalue weighted by atomic mass is 9.86. The highest BCUT2D eigenvalue weighted by Gasteiger charge is 2.22. The Morgan fingerprint density at radius 3 is 2.50 bits per heavy atom. The third-order valence-corrected chi connectivity index (χ3v) is 3.87. The van der Waals surface area contributed by atoms with Crippen molar-refractivity contribution in [3.63, 3.8) is 0 Å². The Morgan fingerprint density at radius 1 is 1.21 bits per heavy atom. The summed E-state index contributed by atoms with van der Waals surface area (Å²) >= 11 is 0. The molecule has 2 aromatic rings. The number of azo groups is 1. The van der Waals surface area contributed by atoms with E-state index in [0.717, 1.165) is 6.08 Å². The minimum atomic E-state index is -0.505. The number of rotatable bonds is 7. The van der Waals surface area contributed by atoms with E-state index in [4.69, 9.17) is 9.47 Å². The van der Waals surface area contributed by atoms with Gasteiger partial charge in [-0.25, -0.2) is 4.79 Å². The number of ether oxygens (including phenoxy) is 2. The molecule has 0 saturated carbocycles. The van der Waals surface area contributed by atoms with Gasteiger partial charge in [0, 0.05) is 17.7 Å². The SMILES string of the molecule is C=CC(=O)OC(C)COc1cc(N=Nc2ccccc2)c(O)c(C(C)(C)C)c1. The van der Waals surface area contributed by atoms with Gasteiger partial charge in [-0.05, 0) is 30.5 Å². The highest BCUT2D eigenvalue weighted by Crippen LogP contribution is 2.41. The Balaban J connectivity index is 2.29. The molecule has 148 valence electrons. The molecule has 28 heavy (non-hydrogen) atoms. The molecular weight excluding hydrogens is 356 g/mol. The molecule has 0 amide bonds. The smallest absolute Gasteiger partial charge is 0.330 e. The molecule has 2 rings (SSSR count). The van der Waals surface area contributed by atoms with Gasteiger partial charge in [0.15, 0.2) is 0 Å². The molecule has 2 aromatic carbocycles. The minimum Gasteiger partial charge on any atom is -0.505 e. The van der Waals surface area contributed by atoms with Crippen LogP contribution in [0.1, 0.15) is 33.3 Å². The van der Waals surface area contributed by atoms with Crippen molar-refractivity contribution in [1.29, 1.82) is 0 Å². The second kappa shape index (κ2) is 9.17. The van der Waals surface area contributed by atoms with Gasteiger partial charge in [0.25, 0.3) is 0 Å². The summed E-state index contributed by atoms with van der Waals surface area (Å²) in [6.45, 7) is 11.2. The number of carbonyl (C=O) groups is 1. The summed E-state index contributed by atoms with van der Waals surface area (Å²) in [6, 6.07) is 12.6. The monoisotopic (exact) mass is 382 g/mol. The van der Waals surface area contributed by atoms with Crippen molar-refractivity contribution in [2.45, 2.75) is 39.2 Å². The Kier molecular flexibility index (Phi) is 6.93. The molecule has 0 aromatic heterocycles. The molecule has 6 heteroatoms. The maximum atomic E-state index is 11.3. The number of hydrogen-bond acceptors (Lipinski definition) is 6. The zero-order valence-corrected chi connectivity index (χ0v) is 16.7. The lowest BCUT2D eigenvalue weighted by Crippen LogP contribution is -2.21. The summed E-state index contributed by atoms with van der Waals surface area (Å²) in [7, 11) is 0. The van der Waals surface area contributed by atoms with Gasteiger partial charge in [-0.1, -0.05) is 45.5 Å². The van der Waals surface area contributed by atoms with E-state index in [0.29, 0.717) is 22.7 Å². The van der Waals surface area contributed by atoms with E-state index < -0.39 is 12.1 Å². The highest BCUT2D eigenvalue weighted by atomic mass is 16.6. The number of phenolic OH excluding ortho intramolecular Hbond substituents is 1. The summed E-state index contributed by atoms with van der Waals surface area (Å²) < 4.78 is 10.9. The Bertz CT molecular complexity index is 855. The van der Waals surface area contributed by atoms with Crippen molar-refractivity contribution in [3.05, 3.63) is 60.7 Å². The molecule has 1 unspecified atom stereocenters. The molecule has 1 atom stereocenters. The van der Waals surface area contributed by atoms with Crippen LogP contribution in [0.25, 0.3) is 0 Å². The van der Waals surface area contributed by atoms with E-state index in [2.05, 4.69) is 16.8 Å². The Morgan fingerprint density at radius 2 is 1.89 bits per heavy atom. The summed E-state index contributed by atoms with van der Waals surface area (Å²) in [5.41, 5.74) is 1.33. The molecule has 0 aliphatic carbocycles. The van der Waals surface area contributed by atoms with Crippen LogP contribution in [0.15, 0.2) is 65.3 Å². The highest BCUT2D eigenvalue weighted by molar-refractivity contribution is 5.81. The number of phenols is 1. The van der Waals surface area contributed by atoms with Crippen LogP contribution in [0.3, 0.4) is 0 Å². The first-order valence-corrected chi connectivity index (χ1v) is 9.01. The normalized spacial score (nSPS) is 12.6. The molecule has 0 bridgehead atoms. The van der Waals surface area contributed by atoms with Crippen molar-refractivity contribution >= 4 is 17.3 Å². The first-order chi connectivity index (χ1) is 13.2. The van der Waals surface area contributed by atoms with Gasteiger partial charge in [-0.3, -0.25) is 0 Å². The number of hydrogen-bond donors (Lipinski definition) is 1. The molecule has 0 aliphatic rings. The zero-order valence-electron chi connectivity index (χ0n) is 16.7. The second-order valence-corrected chi connectivity index (χ2v) is 7.39. The van der Waals surface area contributed by atoms with Crippen LogP contribution in [-0.4, -0.2) is 23.8 Å². The number of benzene rings is 2. The van der Waals surface area contributed by atoms with Gasteiger partial charge in [-0.15, -0.1) is 5.11 Å². The molecule has 6 nitrogen and oxygen atoms in total. The fraction of sp³-hybridized carbons (Fsp3) is 0.318. The first-order valence-electron chi connectivity index (χ1n) is 9.01.